The molecule has 4 N–H and O–H groups in total. The molecule has 0 aliphatic rings. The lowest BCUT2D eigenvalue weighted by Crippen LogP contribution is -2.30. The summed E-state index contributed by atoms with van der Waals surface area (Å²) in [4.78, 5) is 59.1. The molecule has 0 radical (unpaired) electrons. The Morgan fingerprint density at radius 2 is 0.400 bits per heavy atom. The smallest absolute Gasteiger partial charge is 0.463 e. The van der Waals surface area contributed by atoms with Gasteiger partial charge in [0.05, 0.1) is 26.4 Å². The molecule has 0 saturated carbocycles. The molecule has 0 aromatic rings. The van der Waals surface area contributed by atoms with Gasteiger partial charge in [0.2, 0.25) is 0 Å². The SMILES string of the molecule is CC/C=C\C/C=C\C/C=C\C/C=C\C/C=C\C/C=C\CCCCCCC(=O)OC(COC(=O)CCCCCCCCCCCCCCCCC/C=C\C/C=C\C/C=C\C/C=C\C/C=C\CC)COP(=O)(O)OCC(O)COP(=O)(O)OCC(O)COC(=O)CCCCCCCCCCCCCCCCCCCCC/C=C\C/C=C\C/C=C\C/C=C\C/C=C\CC. The third-order valence-corrected chi connectivity index (χ3v) is 22.7. The van der Waals surface area contributed by atoms with Gasteiger partial charge in [-0.3, -0.25) is 32.5 Å². The third kappa shape index (κ3) is 98.8. The Morgan fingerprint density at radius 1 is 0.224 bits per heavy atom. The van der Waals surface area contributed by atoms with E-state index in [1.807, 2.05) is 0 Å². The molecule has 0 saturated heterocycles. The number of carbonyl (C=O) groups excluding carboxylic acids is 3. The first-order chi connectivity index (χ1) is 61.2. The summed E-state index contributed by atoms with van der Waals surface area (Å²) in [6.07, 6.45) is 131. The number of phosphoric acid groups is 2. The van der Waals surface area contributed by atoms with E-state index in [4.69, 9.17) is 32.3 Å². The van der Waals surface area contributed by atoms with E-state index in [1.165, 1.54) is 173 Å². The second-order valence-electron chi connectivity index (χ2n) is 32.8. The van der Waals surface area contributed by atoms with E-state index in [0.717, 1.165) is 173 Å². The number of ether oxygens (including phenoxy) is 3. The van der Waals surface area contributed by atoms with Gasteiger partial charge in [0.1, 0.15) is 25.4 Å². The molecule has 0 rings (SSSR count). The number of aliphatic hydroxyl groups is 2. The Bertz CT molecular complexity index is 3050. The summed E-state index contributed by atoms with van der Waals surface area (Å²) >= 11 is 0. The first-order valence-electron chi connectivity index (χ1n) is 49.7. The van der Waals surface area contributed by atoms with Crippen molar-refractivity contribution in [3.8, 4) is 0 Å². The summed E-state index contributed by atoms with van der Waals surface area (Å²) < 4.78 is 61.6. The minimum atomic E-state index is -4.96. The van der Waals surface area contributed by atoms with Gasteiger partial charge in [0, 0.05) is 19.3 Å². The minimum absolute atomic E-state index is 0.0700. The highest BCUT2D eigenvalue weighted by Crippen LogP contribution is 2.45. The number of carbonyl (C=O) groups is 3. The van der Waals surface area contributed by atoms with Crippen molar-refractivity contribution in [2.45, 2.75) is 424 Å². The molecule has 714 valence electrons. The summed E-state index contributed by atoms with van der Waals surface area (Å²) in [6, 6.07) is 0. The molecule has 0 aromatic heterocycles. The standard InChI is InChI=1S/C107H180O16P2/c1-4-7-10-13-16-19-22-25-28-31-34-37-40-42-44-46-48-49-50-51-53-55-56-58-61-63-66-69-72-75-78-81-84-87-90-93-105(110)117-96-102(108)97-119-124(113,114)120-98-103(109)99-121-125(115,116)122-101-104(123-107(112)95-92-89-86-83-80-77-74-71-68-65-60-39-36-33-30-27-24-21-18-15-12-9-6-3)100-118-106(111)94-91-88-85-82-79-76-73-70-67-64-62-59-57-54-52-47-45-43-41-38-35-32-29-26-23-20-17-14-11-8-5-2/h7-12,16-21,25-30,34-39,42-45,65,68,74,77,102-104,108-109H,4-6,13-15,22-24,31-33,40-41,46-64,66-67,69-73,75-76,78-101H2,1-3H3,(H,113,114)(H,115,116)/b10-7-,11-8-,12-9-,19-16-,20-17-,21-18-,28-25-,29-26-,30-27-,37-34-,38-35-,39-36-,44-42-,45-43-,68-65-,77-74-. The maximum absolute atomic E-state index is 13.1. The van der Waals surface area contributed by atoms with E-state index in [9.17, 15) is 43.5 Å². The van der Waals surface area contributed by atoms with E-state index in [1.54, 1.807) is 0 Å². The number of allylic oxidation sites excluding steroid dienone is 32. The molecule has 5 unspecified atom stereocenters. The molecule has 125 heavy (non-hydrogen) atoms. The van der Waals surface area contributed by atoms with Crippen LogP contribution in [0, 0.1) is 0 Å². The highest BCUT2D eigenvalue weighted by molar-refractivity contribution is 7.47. The van der Waals surface area contributed by atoms with Gasteiger partial charge in [-0.1, -0.05) is 421 Å². The molecule has 0 amide bonds. The molecule has 0 aliphatic heterocycles. The van der Waals surface area contributed by atoms with Crippen LogP contribution in [0.2, 0.25) is 0 Å². The van der Waals surface area contributed by atoms with Crippen molar-refractivity contribution in [2.75, 3.05) is 39.6 Å². The predicted molar refractivity (Wildman–Crippen MR) is 528 cm³/mol. The molecule has 0 aromatic carbocycles. The molecule has 5 atom stereocenters. The van der Waals surface area contributed by atoms with Crippen molar-refractivity contribution in [1.29, 1.82) is 0 Å². The highest BCUT2D eigenvalue weighted by atomic mass is 31.2. The van der Waals surface area contributed by atoms with Crippen molar-refractivity contribution in [3.05, 3.63) is 194 Å². The van der Waals surface area contributed by atoms with Gasteiger partial charge < -0.3 is 34.2 Å². The number of aliphatic hydroxyl groups excluding tert-OH is 2. The predicted octanol–water partition coefficient (Wildman–Crippen LogP) is 31.3. The van der Waals surface area contributed by atoms with E-state index in [2.05, 4.69) is 215 Å². The molecule has 0 heterocycles. The fraction of sp³-hybridized carbons (Fsp3) is 0.673. The fourth-order valence-corrected chi connectivity index (χ4v) is 15.0. The molecule has 0 bridgehead atoms. The highest BCUT2D eigenvalue weighted by Gasteiger charge is 2.30. The summed E-state index contributed by atoms with van der Waals surface area (Å²) in [5.74, 6) is -1.60. The molecular formula is C107H180O16P2. The zero-order valence-electron chi connectivity index (χ0n) is 79.0. The summed E-state index contributed by atoms with van der Waals surface area (Å²) in [5, 5.41) is 20.8. The maximum atomic E-state index is 13.1. The fourth-order valence-electron chi connectivity index (χ4n) is 13.4. The summed E-state index contributed by atoms with van der Waals surface area (Å²) in [5.41, 5.74) is 0. The Balaban J connectivity index is 4.57. The van der Waals surface area contributed by atoms with E-state index < -0.39 is 91.5 Å². The Hall–Kier alpha value is -5.61. The second kappa shape index (κ2) is 97.4. The molecule has 16 nitrogen and oxygen atoms in total. The zero-order valence-corrected chi connectivity index (χ0v) is 80.7. The largest absolute Gasteiger partial charge is 0.472 e. The lowest BCUT2D eigenvalue weighted by molar-refractivity contribution is -0.161. The van der Waals surface area contributed by atoms with Crippen LogP contribution in [0.4, 0.5) is 0 Å². The molecule has 18 heteroatoms. The van der Waals surface area contributed by atoms with Gasteiger partial charge in [-0.2, -0.15) is 0 Å². The van der Waals surface area contributed by atoms with Crippen LogP contribution in [0.15, 0.2) is 194 Å². The summed E-state index contributed by atoms with van der Waals surface area (Å²) in [6.45, 7) is 2.36. The molecular weight excluding hydrogens is 1600 g/mol. The van der Waals surface area contributed by atoms with Gasteiger partial charge in [-0.05, 0) is 161 Å². The van der Waals surface area contributed by atoms with Crippen LogP contribution in [-0.2, 0) is 55.8 Å². The number of hydrogen-bond donors (Lipinski definition) is 4. The number of rotatable bonds is 93. The number of unbranched alkanes of at least 4 members (excludes halogenated alkanes) is 38. The van der Waals surface area contributed by atoms with E-state index in [0.29, 0.717) is 19.3 Å². The minimum Gasteiger partial charge on any atom is -0.463 e. The van der Waals surface area contributed by atoms with E-state index >= 15 is 0 Å². The van der Waals surface area contributed by atoms with Gasteiger partial charge in [0.25, 0.3) is 0 Å². The van der Waals surface area contributed by atoms with Gasteiger partial charge in [-0.15, -0.1) is 0 Å². The Labute approximate surface area is 763 Å². The molecule has 0 aliphatic carbocycles. The van der Waals surface area contributed by atoms with Crippen LogP contribution in [0.1, 0.15) is 406 Å². The molecule has 0 fully saturated rings. The normalized spacial score (nSPS) is 14.5. The third-order valence-electron chi connectivity index (χ3n) is 20.8. The van der Waals surface area contributed by atoms with Crippen LogP contribution < -0.4 is 0 Å². The van der Waals surface area contributed by atoms with Crippen LogP contribution in [0.25, 0.3) is 0 Å². The van der Waals surface area contributed by atoms with Crippen LogP contribution >= 0.6 is 15.6 Å². The van der Waals surface area contributed by atoms with E-state index in [-0.39, 0.29) is 19.3 Å². The second-order valence-corrected chi connectivity index (χ2v) is 35.7. The van der Waals surface area contributed by atoms with Crippen molar-refractivity contribution in [2.24, 2.45) is 0 Å². The number of esters is 3. The van der Waals surface area contributed by atoms with Crippen molar-refractivity contribution in [3.63, 3.8) is 0 Å². The monoisotopic (exact) mass is 1780 g/mol. The Morgan fingerprint density at radius 3 is 0.632 bits per heavy atom. The van der Waals surface area contributed by atoms with Gasteiger partial charge >= 0.3 is 33.6 Å². The van der Waals surface area contributed by atoms with Crippen molar-refractivity contribution in [1.82, 2.24) is 0 Å². The lowest BCUT2D eigenvalue weighted by Gasteiger charge is -2.21. The van der Waals surface area contributed by atoms with Crippen molar-refractivity contribution < 1.29 is 75.8 Å². The Kier molecular flexibility index (Phi) is 93.1. The first kappa shape index (κ1) is 119. The summed E-state index contributed by atoms with van der Waals surface area (Å²) in [7, 11) is -9.83. The number of phosphoric ester groups is 2. The van der Waals surface area contributed by atoms with Gasteiger partial charge in [0.15, 0.2) is 6.10 Å². The van der Waals surface area contributed by atoms with Crippen molar-refractivity contribution >= 4 is 33.6 Å². The molecule has 0 spiro atoms. The van der Waals surface area contributed by atoms with Crippen LogP contribution in [-0.4, -0.2) is 95.9 Å². The zero-order chi connectivity index (χ0) is 90.7. The van der Waals surface area contributed by atoms with Crippen LogP contribution in [0.5, 0.6) is 0 Å². The quantitative estimate of drug-likeness (QED) is 0.0146. The lowest BCUT2D eigenvalue weighted by atomic mass is 10.0. The van der Waals surface area contributed by atoms with Gasteiger partial charge in [-0.25, -0.2) is 9.13 Å². The first-order valence-corrected chi connectivity index (χ1v) is 52.7. The maximum Gasteiger partial charge on any atom is 0.472 e. The average Bonchev–Trinajstić information content (AvgIpc) is 0.898. The number of hydrogen-bond acceptors (Lipinski definition) is 14. The average molecular weight is 1780 g/mol. The topological polar surface area (TPSA) is 231 Å². The van der Waals surface area contributed by atoms with Crippen LogP contribution in [0.3, 0.4) is 0 Å².